The van der Waals surface area contributed by atoms with Gasteiger partial charge in [-0.3, -0.25) is 4.98 Å². The molecule has 0 saturated carbocycles. The minimum Gasteiger partial charge on any atom is -0.369 e. The van der Waals surface area contributed by atoms with E-state index >= 15 is 0 Å². The first-order valence-corrected chi connectivity index (χ1v) is 6.68. The van der Waals surface area contributed by atoms with Gasteiger partial charge in [-0.1, -0.05) is 0 Å². The van der Waals surface area contributed by atoms with E-state index in [1.807, 2.05) is 19.1 Å². The molecular weight excluding hydrogens is 348 g/mol. The highest BCUT2D eigenvalue weighted by molar-refractivity contribution is 9.11. The van der Waals surface area contributed by atoms with Crippen LogP contribution in [0.3, 0.4) is 0 Å². The molecule has 0 saturated heterocycles. The number of hydrogen-bond donors (Lipinski definition) is 1. The highest BCUT2D eigenvalue weighted by Gasteiger charge is 2.10. The van der Waals surface area contributed by atoms with Crippen LogP contribution in [0.1, 0.15) is 6.92 Å². The van der Waals surface area contributed by atoms with Gasteiger partial charge >= 0.3 is 0 Å². The maximum absolute atomic E-state index is 4.43. The Morgan fingerprint density at radius 2 is 2.06 bits per heavy atom. The van der Waals surface area contributed by atoms with Crippen LogP contribution in [-0.4, -0.2) is 21.5 Å². The lowest BCUT2D eigenvalue weighted by molar-refractivity contribution is 1.09. The van der Waals surface area contributed by atoms with Gasteiger partial charge in [-0.25, -0.2) is 9.97 Å². The van der Waals surface area contributed by atoms with E-state index in [9.17, 15) is 0 Å². The summed E-state index contributed by atoms with van der Waals surface area (Å²) in [7, 11) is 0. The molecule has 0 aliphatic heterocycles. The van der Waals surface area contributed by atoms with Gasteiger partial charge < -0.3 is 5.32 Å². The zero-order valence-electron chi connectivity index (χ0n) is 9.11. The predicted molar refractivity (Wildman–Crippen MR) is 74.8 cm³/mol. The molecule has 0 aliphatic rings. The Kier molecular flexibility index (Phi) is 4.06. The molecule has 0 unspecified atom stereocenters. The summed E-state index contributed by atoms with van der Waals surface area (Å²) in [6, 6.07) is 3.78. The smallest absolute Gasteiger partial charge is 0.181 e. The van der Waals surface area contributed by atoms with Crippen molar-refractivity contribution in [2.45, 2.75) is 6.92 Å². The minimum atomic E-state index is 0.594. The van der Waals surface area contributed by atoms with Gasteiger partial charge in [-0.2, -0.15) is 0 Å². The highest BCUT2D eigenvalue weighted by atomic mass is 79.9. The SMILES string of the molecule is CCNc1nc(-c2ncccc2Br)ncc1Br. The number of rotatable bonds is 3. The fourth-order valence-corrected chi connectivity index (χ4v) is 2.09. The largest absolute Gasteiger partial charge is 0.369 e. The van der Waals surface area contributed by atoms with Gasteiger partial charge in [0.2, 0.25) is 0 Å². The van der Waals surface area contributed by atoms with Crippen LogP contribution in [0, 0.1) is 0 Å². The van der Waals surface area contributed by atoms with Crippen LogP contribution in [0.5, 0.6) is 0 Å². The maximum atomic E-state index is 4.43. The molecule has 0 radical (unpaired) electrons. The third kappa shape index (κ3) is 2.81. The second-order valence-corrected chi connectivity index (χ2v) is 4.96. The highest BCUT2D eigenvalue weighted by Crippen LogP contribution is 2.26. The molecule has 2 aromatic rings. The molecular formula is C11H10Br2N4. The lowest BCUT2D eigenvalue weighted by Gasteiger charge is -2.07. The molecule has 1 N–H and O–H groups in total. The van der Waals surface area contributed by atoms with Crippen molar-refractivity contribution in [2.75, 3.05) is 11.9 Å². The van der Waals surface area contributed by atoms with E-state index in [0.29, 0.717) is 5.82 Å². The molecule has 0 aromatic carbocycles. The van der Waals surface area contributed by atoms with Gasteiger partial charge in [-0.15, -0.1) is 0 Å². The molecule has 0 fully saturated rings. The molecule has 0 spiro atoms. The lowest BCUT2D eigenvalue weighted by Crippen LogP contribution is -2.03. The quantitative estimate of drug-likeness (QED) is 0.913. The summed E-state index contributed by atoms with van der Waals surface area (Å²) in [6.07, 6.45) is 3.44. The third-order valence-electron chi connectivity index (χ3n) is 2.06. The second-order valence-electron chi connectivity index (χ2n) is 3.25. The molecule has 88 valence electrons. The minimum absolute atomic E-state index is 0.594. The first-order chi connectivity index (χ1) is 8.22. The van der Waals surface area contributed by atoms with Crippen molar-refractivity contribution in [3.8, 4) is 11.5 Å². The van der Waals surface area contributed by atoms with Crippen molar-refractivity contribution in [2.24, 2.45) is 0 Å². The Bertz CT molecular complexity index is 531. The van der Waals surface area contributed by atoms with Crippen molar-refractivity contribution in [3.05, 3.63) is 33.5 Å². The molecule has 4 nitrogen and oxygen atoms in total. The van der Waals surface area contributed by atoms with Crippen LogP contribution in [0.2, 0.25) is 0 Å². The van der Waals surface area contributed by atoms with E-state index in [-0.39, 0.29) is 0 Å². The number of anilines is 1. The average Bonchev–Trinajstić information content (AvgIpc) is 2.33. The summed E-state index contributed by atoms with van der Waals surface area (Å²) in [4.78, 5) is 13.0. The Morgan fingerprint density at radius 3 is 2.76 bits per heavy atom. The molecule has 0 atom stereocenters. The van der Waals surface area contributed by atoms with Crippen LogP contribution in [-0.2, 0) is 0 Å². The van der Waals surface area contributed by atoms with Crippen molar-refractivity contribution in [1.82, 2.24) is 15.0 Å². The summed E-state index contributed by atoms with van der Waals surface area (Å²) < 4.78 is 1.72. The topological polar surface area (TPSA) is 50.7 Å². The molecule has 2 heterocycles. The van der Waals surface area contributed by atoms with Crippen molar-refractivity contribution in [3.63, 3.8) is 0 Å². The van der Waals surface area contributed by atoms with Gasteiger partial charge in [0, 0.05) is 23.4 Å². The maximum Gasteiger partial charge on any atom is 0.181 e. The van der Waals surface area contributed by atoms with Crippen LogP contribution >= 0.6 is 31.9 Å². The van der Waals surface area contributed by atoms with Crippen molar-refractivity contribution < 1.29 is 0 Å². The number of halogens is 2. The summed E-state index contributed by atoms with van der Waals surface area (Å²) in [5, 5.41) is 3.16. The van der Waals surface area contributed by atoms with Gasteiger partial charge in [-0.05, 0) is 50.9 Å². The predicted octanol–water partition coefficient (Wildman–Crippen LogP) is 3.50. The summed E-state index contributed by atoms with van der Waals surface area (Å²) >= 11 is 6.84. The van der Waals surface area contributed by atoms with Crippen LogP contribution in [0.25, 0.3) is 11.5 Å². The number of pyridine rings is 1. The Balaban J connectivity index is 2.46. The summed E-state index contributed by atoms with van der Waals surface area (Å²) in [5.41, 5.74) is 0.735. The monoisotopic (exact) mass is 356 g/mol. The van der Waals surface area contributed by atoms with Crippen LogP contribution in [0.15, 0.2) is 33.5 Å². The molecule has 0 amide bonds. The molecule has 6 heteroatoms. The van der Waals surface area contributed by atoms with Crippen LogP contribution in [0.4, 0.5) is 5.82 Å². The van der Waals surface area contributed by atoms with E-state index in [1.165, 1.54) is 0 Å². The molecule has 0 aliphatic carbocycles. The van der Waals surface area contributed by atoms with E-state index in [2.05, 4.69) is 52.1 Å². The van der Waals surface area contributed by atoms with E-state index in [0.717, 1.165) is 27.0 Å². The van der Waals surface area contributed by atoms with Crippen molar-refractivity contribution in [1.29, 1.82) is 0 Å². The van der Waals surface area contributed by atoms with E-state index < -0.39 is 0 Å². The van der Waals surface area contributed by atoms with E-state index in [4.69, 9.17) is 0 Å². The summed E-state index contributed by atoms with van der Waals surface area (Å²) in [5.74, 6) is 1.37. The number of nitrogens with one attached hydrogen (secondary N) is 1. The second kappa shape index (κ2) is 5.55. The van der Waals surface area contributed by atoms with Gasteiger partial charge in [0.25, 0.3) is 0 Å². The first kappa shape index (κ1) is 12.4. The van der Waals surface area contributed by atoms with Crippen molar-refractivity contribution >= 4 is 37.7 Å². The zero-order chi connectivity index (χ0) is 12.3. The fraction of sp³-hybridized carbons (Fsp3) is 0.182. The van der Waals surface area contributed by atoms with Gasteiger partial charge in [0.05, 0.1) is 4.47 Å². The molecule has 2 aromatic heterocycles. The zero-order valence-corrected chi connectivity index (χ0v) is 12.3. The lowest BCUT2D eigenvalue weighted by atomic mass is 10.3. The Morgan fingerprint density at radius 1 is 1.24 bits per heavy atom. The molecule has 0 bridgehead atoms. The fourth-order valence-electron chi connectivity index (χ4n) is 1.32. The molecule has 2 rings (SSSR count). The Hall–Kier alpha value is -1.01. The average molecular weight is 358 g/mol. The number of aromatic nitrogens is 3. The standard InChI is InChI=1S/C11H10Br2N4/c1-2-14-10-8(13)6-16-11(17-10)9-7(12)4-3-5-15-9/h3-6H,2H2,1H3,(H,14,16,17). The van der Waals surface area contributed by atoms with E-state index in [1.54, 1.807) is 12.4 Å². The third-order valence-corrected chi connectivity index (χ3v) is 3.28. The van der Waals surface area contributed by atoms with Crippen LogP contribution < -0.4 is 5.32 Å². The molecule has 17 heavy (non-hydrogen) atoms. The number of nitrogens with zero attached hydrogens (tertiary/aromatic N) is 3. The summed E-state index contributed by atoms with van der Waals surface area (Å²) in [6.45, 7) is 2.82. The van der Waals surface area contributed by atoms with Gasteiger partial charge in [0.1, 0.15) is 11.5 Å². The Labute approximate surface area is 116 Å². The first-order valence-electron chi connectivity index (χ1n) is 5.09. The number of hydrogen-bond acceptors (Lipinski definition) is 4. The van der Waals surface area contributed by atoms with Gasteiger partial charge in [0.15, 0.2) is 5.82 Å². The normalized spacial score (nSPS) is 10.3.